The first-order valence-corrected chi connectivity index (χ1v) is 6.24. The van der Waals surface area contributed by atoms with Gasteiger partial charge in [-0.25, -0.2) is 0 Å². The third-order valence-electron chi connectivity index (χ3n) is 2.26. The summed E-state index contributed by atoms with van der Waals surface area (Å²) in [5.74, 6) is 0.783. The summed E-state index contributed by atoms with van der Waals surface area (Å²) in [6.45, 7) is 1.60. The average Bonchev–Trinajstić information content (AvgIpc) is 2.37. The Morgan fingerprint density at radius 1 is 1.28 bits per heavy atom. The van der Waals surface area contributed by atoms with E-state index in [2.05, 4.69) is 5.32 Å². The first kappa shape index (κ1) is 14.8. The lowest BCUT2D eigenvalue weighted by atomic mass is 10.3. The molecule has 1 amide bonds. The number of hydrogen-bond donors (Lipinski definition) is 1. The minimum atomic E-state index is 0.0201. The minimum absolute atomic E-state index is 0.0201. The van der Waals surface area contributed by atoms with E-state index in [9.17, 15) is 4.79 Å². The zero-order valence-corrected chi connectivity index (χ0v) is 11.2. The third-order valence-corrected chi connectivity index (χ3v) is 2.51. The highest BCUT2D eigenvalue weighted by Gasteiger charge is 2.00. The highest BCUT2D eigenvalue weighted by Crippen LogP contribution is 2.15. The summed E-state index contributed by atoms with van der Waals surface area (Å²) in [4.78, 5) is 11.3. The van der Waals surface area contributed by atoms with Crippen molar-refractivity contribution in [2.75, 3.05) is 26.9 Å². The molecule has 5 heteroatoms. The van der Waals surface area contributed by atoms with Gasteiger partial charge < -0.3 is 14.8 Å². The van der Waals surface area contributed by atoms with E-state index in [0.29, 0.717) is 37.6 Å². The van der Waals surface area contributed by atoms with E-state index in [1.54, 1.807) is 31.4 Å². The monoisotopic (exact) mass is 271 g/mol. The zero-order chi connectivity index (χ0) is 13.2. The number of benzene rings is 1. The zero-order valence-electron chi connectivity index (χ0n) is 10.4. The Hall–Kier alpha value is -1.26. The minimum Gasteiger partial charge on any atom is -0.494 e. The molecule has 0 unspecified atom stereocenters. The second-order valence-corrected chi connectivity index (χ2v) is 4.19. The van der Waals surface area contributed by atoms with E-state index in [0.717, 1.165) is 5.75 Å². The lowest BCUT2D eigenvalue weighted by Gasteiger charge is -2.06. The van der Waals surface area contributed by atoms with Gasteiger partial charge in [-0.2, -0.15) is 0 Å². The summed E-state index contributed by atoms with van der Waals surface area (Å²) in [6, 6.07) is 7.16. The van der Waals surface area contributed by atoms with Crippen molar-refractivity contribution in [3.8, 4) is 5.75 Å². The molecule has 1 N–H and O–H groups in total. The largest absolute Gasteiger partial charge is 0.494 e. The van der Waals surface area contributed by atoms with Crippen molar-refractivity contribution in [2.24, 2.45) is 0 Å². The van der Waals surface area contributed by atoms with Gasteiger partial charge in [0, 0.05) is 25.1 Å². The van der Waals surface area contributed by atoms with Crippen LogP contribution >= 0.6 is 11.6 Å². The Morgan fingerprint density at radius 3 is 2.67 bits per heavy atom. The molecule has 0 fully saturated rings. The smallest absolute Gasteiger partial charge is 0.220 e. The van der Waals surface area contributed by atoms with E-state index in [4.69, 9.17) is 21.1 Å². The third kappa shape index (κ3) is 6.47. The molecule has 4 nitrogen and oxygen atoms in total. The molecule has 0 atom stereocenters. The van der Waals surface area contributed by atoms with Crippen molar-refractivity contribution < 1.29 is 14.3 Å². The average molecular weight is 272 g/mol. The van der Waals surface area contributed by atoms with Crippen LogP contribution in [0.5, 0.6) is 5.75 Å². The molecule has 0 aromatic heterocycles. The predicted molar refractivity (Wildman–Crippen MR) is 71.1 cm³/mol. The summed E-state index contributed by atoms with van der Waals surface area (Å²) in [6.07, 6.45) is 1.14. The van der Waals surface area contributed by atoms with Gasteiger partial charge in [-0.05, 0) is 30.7 Å². The van der Waals surface area contributed by atoms with Crippen LogP contribution < -0.4 is 10.1 Å². The number of carbonyl (C=O) groups is 1. The van der Waals surface area contributed by atoms with Crippen LogP contribution in [0.25, 0.3) is 0 Å². The standard InChI is InChI=1S/C13H18ClNO3/c1-17-10-8-15-13(16)3-2-9-18-12-6-4-11(14)5-7-12/h4-7H,2-3,8-10H2,1H3,(H,15,16). The highest BCUT2D eigenvalue weighted by atomic mass is 35.5. The van der Waals surface area contributed by atoms with Crippen LogP contribution in [0.4, 0.5) is 0 Å². The van der Waals surface area contributed by atoms with Gasteiger partial charge >= 0.3 is 0 Å². The normalized spacial score (nSPS) is 10.1. The van der Waals surface area contributed by atoms with Gasteiger partial charge in [0.25, 0.3) is 0 Å². The Bertz CT molecular complexity index is 354. The van der Waals surface area contributed by atoms with Gasteiger partial charge in [-0.1, -0.05) is 11.6 Å². The van der Waals surface area contributed by atoms with E-state index in [-0.39, 0.29) is 5.91 Å². The van der Waals surface area contributed by atoms with Gasteiger partial charge in [0.05, 0.1) is 13.2 Å². The van der Waals surface area contributed by atoms with Gasteiger partial charge in [-0.15, -0.1) is 0 Å². The van der Waals surface area contributed by atoms with E-state index >= 15 is 0 Å². The quantitative estimate of drug-likeness (QED) is 0.738. The second-order valence-electron chi connectivity index (χ2n) is 3.75. The second kappa shape index (κ2) is 8.78. The Morgan fingerprint density at radius 2 is 2.00 bits per heavy atom. The van der Waals surface area contributed by atoms with Crippen molar-refractivity contribution in [3.05, 3.63) is 29.3 Å². The van der Waals surface area contributed by atoms with E-state index in [1.165, 1.54) is 0 Å². The van der Waals surface area contributed by atoms with Crippen LogP contribution in [-0.4, -0.2) is 32.8 Å². The lowest BCUT2D eigenvalue weighted by molar-refractivity contribution is -0.121. The van der Waals surface area contributed by atoms with Crippen LogP contribution in [-0.2, 0) is 9.53 Å². The Labute approximate surface area is 112 Å². The number of methoxy groups -OCH3 is 1. The van der Waals surface area contributed by atoms with Crippen molar-refractivity contribution in [3.63, 3.8) is 0 Å². The number of nitrogens with one attached hydrogen (secondary N) is 1. The first-order chi connectivity index (χ1) is 8.72. The maximum absolute atomic E-state index is 11.3. The maximum Gasteiger partial charge on any atom is 0.220 e. The van der Waals surface area contributed by atoms with Gasteiger partial charge in [-0.3, -0.25) is 4.79 Å². The molecular weight excluding hydrogens is 254 g/mol. The van der Waals surface area contributed by atoms with Gasteiger partial charge in [0.1, 0.15) is 5.75 Å². The van der Waals surface area contributed by atoms with E-state index in [1.807, 2.05) is 0 Å². The molecule has 0 radical (unpaired) electrons. The predicted octanol–water partition coefficient (Wildman–Crippen LogP) is 2.26. The summed E-state index contributed by atoms with van der Waals surface area (Å²) in [7, 11) is 1.60. The number of halogens is 1. The van der Waals surface area contributed by atoms with Crippen LogP contribution in [0.15, 0.2) is 24.3 Å². The fraction of sp³-hybridized carbons (Fsp3) is 0.462. The van der Waals surface area contributed by atoms with Crippen molar-refractivity contribution in [1.29, 1.82) is 0 Å². The van der Waals surface area contributed by atoms with Crippen LogP contribution in [0.3, 0.4) is 0 Å². The van der Waals surface area contributed by atoms with Crippen molar-refractivity contribution in [1.82, 2.24) is 5.32 Å². The number of rotatable bonds is 8. The molecule has 0 aliphatic rings. The van der Waals surface area contributed by atoms with Crippen molar-refractivity contribution in [2.45, 2.75) is 12.8 Å². The van der Waals surface area contributed by atoms with Gasteiger partial charge in [0.2, 0.25) is 5.91 Å². The molecule has 1 rings (SSSR count). The molecule has 100 valence electrons. The molecule has 0 heterocycles. The Balaban J connectivity index is 2.07. The Kier molecular flexibility index (Phi) is 7.22. The van der Waals surface area contributed by atoms with Gasteiger partial charge in [0.15, 0.2) is 0 Å². The highest BCUT2D eigenvalue weighted by molar-refractivity contribution is 6.30. The first-order valence-electron chi connectivity index (χ1n) is 5.86. The molecule has 0 spiro atoms. The number of amides is 1. The van der Waals surface area contributed by atoms with Crippen LogP contribution in [0.2, 0.25) is 5.02 Å². The summed E-state index contributed by atoms with van der Waals surface area (Å²) >= 11 is 5.76. The molecule has 0 saturated heterocycles. The topological polar surface area (TPSA) is 47.6 Å². The van der Waals surface area contributed by atoms with Crippen LogP contribution in [0.1, 0.15) is 12.8 Å². The number of carbonyl (C=O) groups excluding carboxylic acids is 1. The lowest BCUT2D eigenvalue weighted by Crippen LogP contribution is -2.26. The molecular formula is C13H18ClNO3. The molecule has 18 heavy (non-hydrogen) atoms. The molecule has 1 aromatic carbocycles. The maximum atomic E-state index is 11.3. The molecule has 0 aliphatic heterocycles. The summed E-state index contributed by atoms with van der Waals surface area (Å²) in [5, 5.41) is 3.43. The summed E-state index contributed by atoms with van der Waals surface area (Å²) < 4.78 is 10.3. The molecule has 1 aromatic rings. The molecule has 0 saturated carbocycles. The number of hydrogen-bond acceptors (Lipinski definition) is 3. The fourth-order valence-corrected chi connectivity index (χ4v) is 1.46. The summed E-state index contributed by atoms with van der Waals surface area (Å²) in [5.41, 5.74) is 0. The van der Waals surface area contributed by atoms with E-state index < -0.39 is 0 Å². The SMILES string of the molecule is COCCNC(=O)CCCOc1ccc(Cl)cc1. The van der Waals surface area contributed by atoms with Crippen molar-refractivity contribution >= 4 is 17.5 Å². The molecule has 0 aliphatic carbocycles. The molecule has 0 bridgehead atoms. The fourth-order valence-electron chi connectivity index (χ4n) is 1.33. The number of ether oxygens (including phenoxy) is 2. The van der Waals surface area contributed by atoms with Crippen LogP contribution in [0, 0.1) is 0 Å².